The molecule has 3 N–H and O–H groups in total. The largest absolute Gasteiger partial charge is 0.293 e. The van der Waals surface area contributed by atoms with Crippen molar-refractivity contribution in [3.05, 3.63) is 94.5 Å². The summed E-state index contributed by atoms with van der Waals surface area (Å²) in [5.41, 5.74) is 2.52. The van der Waals surface area contributed by atoms with Gasteiger partial charge >= 0.3 is 0 Å². The second kappa shape index (κ2) is 10.6. The van der Waals surface area contributed by atoms with Crippen molar-refractivity contribution in [3.8, 4) is 28.5 Å². The van der Waals surface area contributed by atoms with Crippen molar-refractivity contribution in [2.45, 2.75) is 10.1 Å². The van der Waals surface area contributed by atoms with E-state index in [1.807, 2.05) is 30.3 Å². The Balaban J connectivity index is 1.41. The number of nitrogens with one attached hydrogen (secondary N) is 1. The first-order valence-corrected chi connectivity index (χ1v) is 13.7. The number of nitrogens with zero attached hydrogens (tertiary/aromatic N) is 6. The van der Waals surface area contributed by atoms with Gasteiger partial charge in [0, 0.05) is 23.3 Å². The first-order chi connectivity index (χ1) is 18.7. The first kappa shape index (κ1) is 25.9. The summed E-state index contributed by atoms with van der Waals surface area (Å²) in [4.78, 5) is 27.3. The lowest BCUT2D eigenvalue weighted by atomic mass is 10.1. The van der Waals surface area contributed by atoms with E-state index in [1.165, 1.54) is 36.4 Å². The average molecular weight is 563 g/mol. The standard InChI is InChI=1S/C24H18N8O5S2/c25-39(36,37)19-12-10-17(11-13-19)31-22(16-4-2-1-3-5-16)21(27-30-31)23-26-24(29-28-23)38-14-20(33)15-6-8-18(9-7-15)32(34)35/h1-13H,14H2,(H2,25,36,37)(H,26,28,29). The maximum absolute atomic E-state index is 12.5. The molecule has 0 atom stereocenters. The van der Waals surface area contributed by atoms with Gasteiger partial charge in [-0.1, -0.05) is 47.3 Å². The molecule has 2 aromatic heterocycles. The lowest BCUT2D eigenvalue weighted by Crippen LogP contribution is -2.12. The minimum atomic E-state index is -3.86. The van der Waals surface area contributed by atoms with E-state index >= 15 is 0 Å². The SMILES string of the molecule is NS(=O)(=O)c1ccc(-n2nnc(-c3nc(SCC(=O)c4ccc([N+](=O)[O-])cc4)n[nH]3)c2-c2ccccc2)cc1. The van der Waals surface area contributed by atoms with E-state index in [-0.39, 0.29) is 22.1 Å². The number of carbonyl (C=O) groups excluding carboxylic acids is 1. The monoisotopic (exact) mass is 562 g/mol. The van der Waals surface area contributed by atoms with Crippen LogP contribution in [0.2, 0.25) is 0 Å². The molecule has 0 bridgehead atoms. The van der Waals surface area contributed by atoms with Crippen LogP contribution in [0, 0.1) is 10.1 Å². The third-order valence-corrected chi connectivity index (χ3v) is 7.33. The fourth-order valence-electron chi connectivity index (χ4n) is 3.65. The van der Waals surface area contributed by atoms with E-state index in [0.717, 1.165) is 17.3 Å². The van der Waals surface area contributed by atoms with Gasteiger partial charge in [0.15, 0.2) is 17.3 Å². The summed E-state index contributed by atoms with van der Waals surface area (Å²) >= 11 is 1.10. The van der Waals surface area contributed by atoms with Crippen LogP contribution in [-0.2, 0) is 10.0 Å². The van der Waals surface area contributed by atoms with Crippen molar-refractivity contribution in [2.75, 3.05) is 5.75 Å². The van der Waals surface area contributed by atoms with Crippen molar-refractivity contribution >= 4 is 33.3 Å². The first-order valence-electron chi connectivity index (χ1n) is 11.2. The Bertz CT molecular complexity index is 1770. The highest BCUT2D eigenvalue weighted by Gasteiger charge is 2.22. The predicted octanol–water partition coefficient (Wildman–Crippen LogP) is 3.25. The summed E-state index contributed by atoms with van der Waals surface area (Å²) < 4.78 is 24.8. The van der Waals surface area contributed by atoms with Crippen LogP contribution in [0.15, 0.2) is 88.9 Å². The number of Topliss-reactive ketones (excluding diaryl/α,β-unsaturated/α-hetero) is 1. The lowest BCUT2D eigenvalue weighted by molar-refractivity contribution is -0.384. The lowest BCUT2D eigenvalue weighted by Gasteiger charge is -2.08. The van der Waals surface area contributed by atoms with E-state index in [0.29, 0.717) is 33.6 Å². The van der Waals surface area contributed by atoms with Gasteiger partial charge in [0.2, 0.25) is 15.2 Å². The zero-order valence-corrected chi connectivity index (χ0v) is 21.5. The summed E-state index contributed by atoms with van der Waals surface area (Å²) in [5, 5.41) is 31.9. The Morgan fingerprint density at radius 1 is 1.03 bits per heavy atom. The molecule has 13 nitrogen and oxygen atoms in total. The number of carbonyl (C=O) groups is 1. The molecule has 5 rings (SSSR count). The molecule has 5 aromatic rings. The molecule has 15 heteroatoms. The maximum Gasteiger partial charge on any atom is 0.269 e. The van der Waals surface area contributed by atoms with E-state index in [9.17, 15) is 23.3 Å². The Morgan fingerprint density at radius 2 is 1.72 bits per heavy atom. The number of H-pyrrole nitrogens is 1. The number of aromatic nitrogens is 6. The zero-order chi connectivity index (χ0) is 27.6. The third-order valence-electron chi connectivity index (χ3n) is 5.55. The van der Waals surface area contributed by atoms with E-state index in [2.05, 4.69) is 25.5 Å². The highest BCUT2D eigenvalue weighted by atomic mass is 32.2. The molecule has 0 unspecified atom stereocenters. The van der Waals surface area contributed by atoms with Crippen LogP contribution in [0.1, 0.15) is 10.4 Å². The predicted molar refractivity (Wildman–Crippen MR) is 142 cm³/mol. The van der Waals surface area contributed by atoms with E-state index < -0.39 is 14.9 Å². The van der Waals surface area contributed by atoms with Crippen LogP contribution in [0.5, 0.6) is 0 Å². The number of nitro benzene ring substituents is 1. The second-order valence-corrected chi connectivity index (χ2v) is 10.6. The van der Waals surface area contributed by atoms with Crippen LogP contribution < -0.4 is 5.14 Å². The number of ketones is 1. The van der Waals surface area contributed by atoms with Gasteiger partial charge in [-0.25, -0.2) is 18.2 Å². The van der Waals surface area contributed by atoms with Gasteiger partial charge < -0.3 is 0 Å². The van der Waals surface area contributed by atoms with Gasteiger partial charge in [0.05, 0.1) is 21.3 Å². The number of non-ortho nitro benzene ring substituents is 1. The molecule has 0 amide bonds. The Labute approximate surface area is 225 Å². The normalized spacial score (nSPS) is 11.4. The molecular formula is C24H18N8O5S2. The minimum Gasteiger partial charge on any atom is -0.293 e. The molecule has 0 saturated carbocycles. The van der Waals surface area contributed by atoms with Crippen molar-refractivity contribution in [1.29, 1.82) is 0 Å². The summed E-state index contributed by atoms with van der Waals surface area (Å²) in [6.07, 6.45) is 0. The Hall–Kier alpha value is -4.73. The molecule has 196 valence electrons. The number of primary sulfonamides is 1. The van der Waals surface area contributed by atoms with Crippen molar-refractivity contribution < 1.29 is 18.1 Å². The molecule has 3 aromatic carbocycles. The second-order valence-electron chi connectivity index (χ2n) is 8.09. The number of nitro groups is 1. The van der Waals surface area contributed by atoms with Gasteiger partial charge in [-0.05, 0) is 36.4 Å². The molecule has 0 radical (unpaired) electrons. The topological polar surface area (TPSA) is 193 Å². The van der Waals surface area contributed by atoms with Gasteiger partial charge in [-0.15, -0.1) is 10.2 Å². The number of hydrogen-bond donors (Lipinski definition) is 2. The molecule has 0 spiro atoms. The number of aromatic amines is 1. The number of nitrogens with two attached hydrogens (primary N) is 1. The van der Waals surface area contributed by atoms with Crippen LogP contribution in [0.4, 0.5) is 5.69 Å². The summed E-state index contributed by atoms with van der Waals surface area (Å²) in [6.45, 7) is 0. The number of sulfonamides is 1. The van der Waals surface area contributed by atoms with E-state index in [1.54, 1.807) is 16.8 Å². The van der Waals surface area contributed by atoms with Gasteiger partial charge in [0.1, 0.15) is 5.69 Å². The Kier molecular flexibility index (Phi) is 7.02. The molecule has 2 heterocycles. The molecule has 0 aliphatic carbocycles. The zero-order valence-electron chi connectivity index (χ0n) is 19.8. The number of hydrogen-bond acceptors (Lipinski definition) is 10. The molecule has 0 fully saturated rings. The van der Waals surface area contributed by atoms with E-state index in [4.69, 9.17) is 5.14 Å². The van der Waals surface area contributed by atoms with Gasteiger partial charge in [-0.3, -0.25) is 20.0 Å². The van der Waals surface area contributed by atoms with Crippen molar-refractivity contribution in [1.82, 2.24) is 30.2 Å². The minimum absolute atomic E-state index is 0.0176. The third kappa shape index (κ3) is 5.59. The van der Waals surface area contributed by atoms with Gasteiger partial charge in [-0.2, -0.15) is 4.98 Å². The summed E-state index contributed by atoms with van der Waals surface area (Å²) in [5.74, 6) is 0.0932. The molecule has 0 aliphatic rings. The fourth-order valence-corrected chi connectivity index (χ4v) is 4.86. The fraction of sp³-hybridized carbons (Fsp3) is 0.0417. The summed E-state index contributed by atoms with van der Waals surface area (Å²) in [7, 11) is -3.86. The smallest absolute Gasteiger partial charge is 0.269 e. The highest BCUT2D eigenvalue weighted by Crippen LogP contribution is 2.31. The van der Waals surface area contributed by atoms with Crippen LogP contribution >= 0.6 is 11.8 Å². The van der Waals surface area contributed by atoms with Gasteiger partial charge in [0.25, 0.3) is 5.69 Å². The Morgan fingerprint density at radius 3 is 2.36 bits per heavy atom. The van der Waals surface area contributed by atoms with Crippen molar-refractivity contribution in [2.24, 2.45) is 5.14 Å². The van der Waals surface area contributed by atoms with Crippen LogP contribution in [-0.4, -0.2) is 55.1 Å². The van der Waals surface area contributed by atoms with Crippen LogP contribution in [0.25, 0.3) is 28.5 Å². The van der Waals surface area contributed by atoms with Crippen LogP contribution in [0.3, 0.4) is 0 Å². The number of thioether (sulfide) groups is 1. The molecule has 0 aliphatic heterocycles. The summed E-state index contributed by atoms with van der Waals surface area (Å²) in [6, 6.07) is 20.6. The molecule has 39 heavy (non-hydrogen) atoms. The quantitative estimate of drug-likeness (QED) is 0.117. The highest BCUT2D eigenvalue weighted by molar-refractivity contribution is 7.99. The maximum atomic E-state index is 12.5. The van der Waals surface area contributed by atoms with Crippen molar-refractivity contribution in [3.63, 3.8) is 0 Å². The number of rotatable bonds is 9. The molecular weight excluding hydrogens is 544 g/mol. The average Bonchev–Trinajstić information content (AvgIpc) is 3.59. The number of benzene rings is 3. The molecule has 0 saturated heterocycles.